The molecule has 7 heteroatoms. The third-order valence-electron chi connectivity index (χ3n) is 4.04. The van der Waals surface area contributed by atoms with Crippen LogP contribution < -0.4 is 10.3 Å². The van der Waals surface area contributed by atoms with Gasteiger partial charge in [-0.25, -0.2) is 13.1 Å². The predicted molar refractivity (Wildman–Crippen MR) is 104 cm³/mol. The van der Waals surface area contributed by atoms with Crippen LogP contribution in [0.2, 0.25) is 0 Å². The second-order valence-electron chi connectivity index (χ2n) is 5.80. The van der Waals surface area contributed by atoms with Gasteiger partial charge in [0.1, 0.15) is 5.69 Å². The number of aromatic nitrogens is 2. The minimum atomic E-state index is -3.82. The third-order valence-corrected chi connectivity index (χ3v) is 5.02. The van der Waals surface area contributed by atoms with Gasteiger partial charge in [-0.15, -0.1) is 0 Å². The van der Waals surface area contributed by atoms with Crippen LogP contribution >= 0.6 is 0 Å². The largest absolute Gasteiger partial charge is 0.296 e. The summed E-state index contributed by atoms with van der Waals surface area (Å²) < 4.78 is 30.2. The molecule has 3 rings (SSSR count). The Bertz CT molecular complexity index is 1100. The van der Waals surface area contributed by atoms with Crippen LogP contribution in [-0.2, 0) is 17.1 Å². The molecular formula is C19H19N3O3S. The van der Waals surface area contributed by atoms with Crippen molar-refractivity contribution >= 4 is 21.8 Å². The van der Waals surface area contributed by atoms with Gasteiger partial charge in [-0.1, -0.05) is 48.5 Å². The number of nitrogens with one attached hydrogen (secondary N) is 1. The highest BCUT2D eigenvalue weighted by atomic mass is 32.2. The van der Waals surface area contributed by atoms with Crippen LogP contribution in [0.3, 0.4) is 0 Å². The van der Waals surface area contributed by atoms with Gasteiger partial charge in [0.05, 0.1) is 16.8 Å². The summed E-state index contributed by atoms with van der Waals surface area (Å²) >= 11 is 0. The van der Waals surface area contributed by atoms with Crippen LogP contribution in [0.1, 0.15) is 11.3 Å². The molecule has 2 aromatic carbocycles. The lowest BCUT2D eigenvalue weighted by Gasteiger charge is -2.07. The number of benzene rings is 2. The second kappa shape index (κ2) is 7.05. The maximum Gasteiger partial charge on any atom is 0.296 e. The van der Waals surface area contributed by atoms with E-state index < -0.39 is 15.6 Å². The molecule has 1 aromatic heterocycles. The first-order valence-electron chi connectivity index (χ1n) is 7.99. The Morgan fingerprint density at radius 3 is 2.15 bits per heavy atom. The average molecular weight is 369 g/mol. The van der Waals surface area contributed by atoms with Gasteiger partial charge in [-0.2, -0.15) is 0 Å². The van der Waals surface area contributed by atoms with Crippen LogP contribution in [0.25, 0.3) is 11.8 Å². The first kappa shape index (κ1) is 17.8. The van der Waals surface area contributed by atoms with Gasteiger partial charge in [0.25, 0.3) is 15.6 Å². The summed E-state index contributed by atoms with van der Waals surface area (Å²) in [6.07, 6.45) is 1.48. The minimum Gasteiger partial charge on any atom is -0.283 e. The molecule has 0 saturated carbocycles. The number of hydrogen-bond acceptors (Lipinski definition) is 3. The van der Waals surface area contributed by atoms with Gasteiger partial charge < -0.3 is 0 Å². The van der Waals surface area contributed by atoms with Crippen LogP contribution in [0.5, 0.6) is 0 Å². The van der Waals surface area contributed by atoms with E-state index in [1.54, 1.807) is 42.9 Å². The SMILES string of the molecule is Cc1c(NS(=O)(=O)C=Cc2ccccc2)c(=O)n(-c2ccccc2)n1C. The lowest BCUT2D eigenvalue weighted by molar-refractivity contribution is 0.609. The van der Waals surface area contributed by atoms with Crippen molar-refractivity contribution in [2.75, 3.05) is 4.72 Å². The fraction of sp³-hybridized carbons (Fsp3) is 0.105. The molecule has 0 unspecified atom stereocenters. The molecule has 0 amide bonds. The zero-order valence-corrected chi connectivity index (χ0v) is 15.3. The first-order chi connectivity index (χ1) is 12.4. The molecule has 26 heavy (non-hydrogen) atoms. The Morgan fingerprint density at radius 2 is 1.54 bits per heavy atom. The van der Waals surface area contributed by atoms with E-state index in [0.29, 0.717) is 11.4 Å². The molecule has 0 bridgehead atoms. The van der Waals surface area contributed by atoms with E-state index in [0.717, 1.165) is 11.0 Å². The summed E-state index contributed by atoms with van der Waals surface area (Å²) in [4.78, 5) is 12.8. The van der Waals surface area contributed by atoms with Crippen molar-refractivity contribution in [3.8, 4) is 5.69 Å². The van der Waals surface area contributed by atoms with Gasteiger partial charge in [-0.05, 0) is 30.7 Å². The number of hydrogen-bond donors (Lipinski definition) is 1. The minimum absolute atomic E-state index is 0.0362. The zero-order chi connectivity index (χ0) is 18.7. The summed E-state index contributed by atoms with van der Waals surface area (Å²) in [5.41, 5.74) is 1.55. The van der Waals surface area contributed by atoms with Gasteiger partial charge in [0.2, 0.25) is 0 Å². The van der Waals surface area contributed by atoms with E-state index in [4.69, 9.17) is 0 Å². The highest BCUT2D eigenvalue weighted by Crippen LogP contribution is 2.16. The van der Waals surface area contributed by atoms with Gasteiger partial charge in [0.15, 0.2) is 0 Å². The Hall–Kier alpha value is -3.06. The van der Waals surface area contributed by atoms with Crippen molar-refractivity contribution < 1.29 is 8.42 Å². The molecule has 0 fully saturated rings. The maximum atomic E-state index is 12.8. The molecule has 6 nitrogen and oxygen atoms in total. The summed E-state index contributed by atoms with van der Waals surface area (Å²) in [7, 11) is -2.11. The average Bonchev–Trinajstić information content (AvgIpc) is 2.85. The van der Waals surface area contributed by atoms with Crippen molar-refractivity contribution in [1.82, 2.24) is 9.36 Å². The molecule has 1 heterocycles. The van der Waals surface area contributed by atoms with Crippen molar-refractivity contribution in [1.29, 1.82) is 0 Å². The fourth-order valence-corrected chi connectivity index (χ4v) is 3.52. The lowest BCUT2D eigenvalue weighted by Crippen LogP contribution is -2.22. The van der Waals surface area contributed by atoms with Gasteiger partial charge in [-0.3, -0.25) is 14.2 Å². The van der Waals surface area contributed by atoms with Crippen molar-refractivity contribution in [2.45, 2.75) is 6.92 Å². The number of anilines is 1. The smallest absolute Gasteiger partial charge is 0.283 e. The highest BCUT2D eigenvalue weighted by molar-refractivity contribution is 7.95. The second-order valence-corrected chi connectivity index (χ2v) is 7.36. The van der Waals surface area contributed by atoms with Gasteiger partial charge in [0, 0.05) is 7.05 Å². The molecule has 0 saturated heterocycles. The fourth-order valence-electron chi connectivity index (χ4n) is 2.59. The monoisotopic (exact) mass is 369 g/mol. The molecule has 3 aromatic rings. The summed E-state index contributed by atoms with van der Waals surface area (Å²) in [6.45, 7) is 1.69. The van der Waals surface area contributed by atoms with Crippen LogP contribution in [0.15, 0.2) is 70.9 Å². The highest BCUT2D eigenvalue weighted by Gasteiger charge is 2.19. The molecular weight excluding hydrogens is 350 g/mol. The van der Waals surface area contributed by atoms with E-state index in [1.165, 1.54) is 10.8 Å². The van der Waals surface area contributed by atoms with Crippen molar-refractivity contribution in [2.24, 2.45) is 7.05 Å². The van der Waals surface area contributed by atoms with E-state index >= 15 is 0 Å². The molecule has 1 N–H and O–H groups in total. The zero-order valence-electron chi connectivity index (χ0n) is 14.5. The van der Waals surface area contributed by atoms with E-state index in [2.05, 4.69) is 4.72 Å². The van der Waals surface area contributed by atoms with Crippen LogP contribution in [0.4, 0.5) is 5.69 Å². The summed E-state index contributed by atoms with van der Waals surface area (Å²) in [5, 5.41) is 1.06. The normalized spacial score (nSPS) is 11.8. The van der Waals surface area contributed by atoms with Crippen LogP contribution in [0, 0.1) is 6.92 Å². The molecule has 0 aliphatic rings. The quantitative estimate of drug-likeness (QED) is 0.752. The topological polar surface area (TPSA) is 73.1 Å². The summed E-state index contributed by atoms with van der Waals surface area (Å²) in [5.74, 6) is 0. The molecule has 0 atom stereocenters. The van der Waals surface area contributed by atoms with Gasteiger partial charge >= 0.3 is 0 Å². The molecule has 0 spiro atoms. The molecule has 0 aliphatic carbocycles. The lowest BCUT2D eigenvalue weighted by atomic mass is 10.2. The van der Waals surface area contributed by atoms with Crippen LogP contribution in [-0.4, -0.2) is 17.8 Å². The Kier molecular flexibility index (Phi) is 4.81. The molecule has 0 aliphatic heterocycles. The van der Waals surface area contributed by atoms with E-state index in [1.807, 2.05) is 36.4 Å². The van der Waals surface area contributed by atoms with Crippen molar-refractivity contribution in [3.63, 3.8) is 0 Å². The number of nitrogens with zero attached hydrogens (tertiary/aromatic N) is 2. The first-order valence-corrected chi connectivity index (χ1v) is 9.54. The number of para-hydroxylation sites is 1. The van der Waals surface area contributed by atoms with E-state index in [-0.39, 0.29) is 5.69 Å². The van der Waals surface area contributed by atoms with Crippen molar-refractivity contribution in [3.05, 3.63) is 87.7 Å². The predicted octanol–water partition coefficient (Wildman–Crippen LogP) is 2.90. The third kappa shape index (κ3) is 3.62. The Labute approximate surface area is 152 Å². The maximum absolute atomic E-state index is 12.8. The molecule has 0 radical (unpaired) electrons. The number of sulfonamides is 1. The van der Waals surface area contributed by atoms with E-state index in [9.17, 15) is 13.2 Å². The standard InChI is InChI=1S/C19H19N3O3S/c1-15-18(19(23)22(21(15)2)17-11-7-4-8-12-17)20-26(24,25)14-13-16-9-5-3-6-10-16/h3-14,20H,1-2H3. The Balaban J connectivity index is 1.96. The summed E-state index contributed by atoms with van der Waals surface area (Å²) in [6, 6.07) is 18.1. The number of rotatable bonds is 5. The Morgan fingerprint density at radius 1 is 0.962 bits per heavy atom. The molecule has 134 valence electrons.